The van der Waals surface area contributed by atoms with E-state index in [0.29, 0.717) is 0 Å². The van der Waals surface area contributed by atoms with E-state index in [0.717, 1.165) is 35.7 Å². The smallest absolute Gasteiger partial charge is 0.0249 e. The van der Waals surface area contributed by atoms with Crippen LogP contribution < -0.4 is 0 Å². The van der Waals surface area contributed by atoms with Gasteiger partial charge in [-0.1, -0.05) is 102 Å². The number of aryl methyl sites for hydroxylation is 1. The van der Waals surface area contributed by atoms with E-state index in [-0.39, 0.29) is 0 Å². The molecule has 2 saturated carbocycles. The first-order valence-electron chi connectivity index (χ1n) is 13.0. The van der Waals surface area contributed by atoms with Crippen molar-refractivity contribution in [3.05, 3.63) is 47.5 Å². The lowest BCUT2D eigenvalue weighted by atomic mass is 9.75. The molecule has 1 aromatic carbocycles. The van der Waals surface area contributed by atoms with E-state index < -0.39 is 0 Å². The Balaban J connectivity index is 1.29. The van der Waals surface area contributed by atoms with Crippen LogP contribution in [-0.4, -0.2) is 0 Å². The highest BCUT2D eigenvalue weighted by Gasteiger charge is 2.23. The van der Waals surface area contributed by atoms with Crippen LogP contribution in [0, 0.1) is 35.5 Å². The van der Waals surface area contributed by atoms with E-state index in [1.54, 1.807) is 0 Å². The third-order valence-corrected chi connectivity index (χ3v) is 7.84. The molecule has 2 aliphatic rings. The SMILES string of the molecule is CCCCC1CCC(CCC2CCC(/C=C/C#Cc3ccc(CC)cc3)CC2)CC1. The van der Waals surface area contributed by atoms with Crippen LogP contribution in [0.2, 0.25) is 0 Å². The molecule has 0 atom stereocenters. The summed E-state index contributed by atoms with van der Waals surface area (Å²) < 4.78 is 0. The standard InChI is InChI=1S/C30H44/c1-3-5-8-26-15-19-29(20-16-26)23-24-30-21-17-28(18-22-30)10-7-6-9-27-13-11-25(4-2)12-14-27/h7,10-14,26,28-30H,3-5,8,15-24H2,1-2H3/b10-7+. The van der Waals surface area contributed by atoms with Crippen LogP contribution in [0.1, 0.15) is 108 Å². The molecule has 0 unspecified atom stereocenters. The van der Waals surface area contributed by atoms with Crippen molar-refractivity contribution >= 4 is 0 Å². The van der Waals surface area contributed by atoms with Crippen LogP contribution in [-0.2, 0) is 6.42 Å². The molecule has 0 aromatic heterocycles. The van der Waals surface area contributed by atoms with Crippen LogP contribution in [0.25, 0.3) is 0 Å². The van der Waals surface area contributed by atoms with Crippen molar-refractivity contribution in [2.45, 2.75) is 104 Å². The van der Waals surface area contributed by atoms with Gasteiger partial charge in [0.05, 0.1) is 0 Å². The van der Waals surface area contributed by atoms with Crippen LogP contribution in [0.4, 0.5) is 0 Å². The summed E-state index contributed by atoms with van der Waals surface area (Å²) in [4.78, 5) is 0. The number of unbranched alkanes of at least 4 members (excludes halogenated alkanes) is 1. The zero-order valence-electron chi connectivity index (χ0n) is 19.7. The predicted octanol–water partition coefficient (Wildman–Crippen LogP) is 8.74. The lowest BCUT2D eigenvalue weighted by molar-refractivity contribution is 0.220. The van der Waals surface area contributed by atoms with Gasteiger partial charge in [-0.15, -0.1) is 0 Å². The summed E-state index contributed by atoms with van der Waals surface area (Å²) in [5.74, 6) is 10.4. The molecular weight excluding hydrogens is 360 g/mol. The first kappa shape index (κ1) is 23.2. The summed E-state index contributed by atoms with van der Waals surface area (Å²) in [5.41, 5.74) is 2.51. The first-order valence-corrected chi connectivity index (χ1v) is 13.0. The van der Waals surface area contributed by atoms with Gasteiger partial charge in [0.15, 0.2) is 0 Å². The Labute approximate surface area is 186 Å². The van der Waals surface area contributed by atoms with Crippen molar-refractivity contribution in [1.29, 1.82) is 0 Å². The highest BCUT2D eigenvalue weighted by molar-refractivity contribution is 5.38. The van der Waals surface area contributed by atoms with E-state index in [2.05, 4.69) is 62.1 Å². The Morgan fingerprint density at radius 1 is 0.767 bits per heavy atom. The number of benzene rings is 1. The van der Waals surface area contributed by atoms with Crippen LogP contribution in [0.5, 0.6) is 0 Å². The third kappa shape index (κ3) is 7.98. The van der Waals surface area contributed by atoms with Gasteiger partial charge in [0.25, 0.3) is 0 Å². The highest BCUT2D eigenvalue weighted by atomic mass is 14.3. The molecule has 0 bridgehead atoms. The summed E-state index contributed by atoms with van der Waals surface area (Å²) >= 11 is 0. The fraction of sp³-hybridized carbons (Fsp3) is 0.667. The molecule has 1 aromatic rings. The minimum Gasteiger partial charge on any atom is -0.0730 e. The monoisotopic (exact) mass is 404 g/mol. The Hall–Kier alpha value is -1.48. The van der Waals surface area contributed by atoms with Crippen LogP contribution >= 0.6 is 0 Å². The number of allylic oxidation sites excluding steroid dienone is 2. The second-order valence-electron chi connectivity index (χ2n) is 10.1. The fourth-order valence-corrected chi connectivity index (χ4v) is 5.58. The molecule has 2 fully saturated rings. The zero-order chi connectivity index (χ0) is 21.0. The van der Waals surface area contributed by atoms with Gasteiger partial charge in [0.1, 0.15) is 0 Å². The Bertz CT molecular complexity index is 667. The second kappa shape index (κ2) is 13.0. The van der Waals surface area contributed by atoms with Gasteiger partial charge >= 0.3 is 0 Å². The fourth-order valence-electron chi connectivity index (χ4n) is 5.58. The Kier molecular flexibility index (Phi) is 10.1. The topological polar surface area (TPSA) is 0 Å². The first-order chi connectivity index (χ1) is 14.8. The predicted molar refractivity (Wildman–Crippen MR) is 131 cm³/mol. The van der Waals surface area contributed by atoms with Gasteiger partial charge in [-0.05, 0) is 79.5 Å². The van der Waals surface area contributed by atoms with Crippen molar-refractivity contribution in [1.82, 2.24) is 0 Å². The highest BCUT2D eigenvalue weighted by Crippen LogP contribution is 2.37. The maximum absolute atomic E-state index is 3.28. The number of rotatable bonds is 8. The van der Waals surface area contributed by atoms with Gasteiger partial charge in [-0.3, -0.25) is 0 Å². The molecule has 0 heteroatoms. The second-order valence-corrected chi connectivity index (χ2v) is 10.1. The molecule has 0 spiro atoms. The maximum Gasteiger partial charge on any atom is 0.0249 e. The summed E-state index contributed by atoms with van der Waals surface area (Å²) in [6, 6.07) is 8.66. The van der Waals surface area contributed by atoms with E-state index in [1.165, 1.54) is 89.0 Å². The molecule has 0 amide bonds. The van der Waals surface area contributed by atoms with Crippen molar-refractivity contribution in [2.75, 3.05) is 0 Å². The summed E-state index contributed by atoms with van der Waals surface area (Å²) in [6.45, 7) is 4.52. The average molecular weight is 405 g/mol. The quantitative estimate of drug-likeness (QED) is 0.380. The summed E-state index contributed by atoms with van der Waals surface area (Å²) in [5, 5.41) is 0. The zero-order valence-corrected chi connectivity index (χ0v) is 19.7. The van der Waals surface area contributed by atoms with E-state index in [1.807, 2.05) is 0 Å². The number of hydrogen-bond donors (Lipinski definition) is 0. The van der Waals surface area contributed by atoms with E-state index in [9.17, 15) is 0 Å². The van der Waals surface area contributed by atoms with Crippen molar-refractivity contribution in [3.63, 3.8) is 0 Å². The normalized spacial score (nSPS) is 27.0. The molecule has 30 heavy (non-hydrogen) atoms. The maximum atomic E-state index is 3.28. The molecule has 0 heterocycles. The van der Waals surface area contributed by atoms with E-state index in [4.69, 9.17) is 0 Å². The van der Waals surface area contributed by atoms with Crippen LogP contribution in [0.15, 0.2) is 36.4 Å². The largest absolute Gasteiger partial charge is 0.0730 e. The summed E-state index contributed by atoms with van der Waals surface area (Å²) in [6.07, 6.45) is 24.6. The average Bonchev–Trinajstić information content (AvgIpc) is 2.81. The Morgan fingerprint density at radius 2 is 1.33 bits per heavy atom. The van der Waals surface area contributed by atoms with Gasteiger partial charge in [-0.2, -0.15) is 0 Å². The van der Waals surface area contributed by atoms with Gasteiger partial charge < -0.3 is 0 Å². The minimum atomic E-state index is 0.757. The molecule has 0 radical (unpaired) electrons. The lowest BCUT2D eigenvalue weighted by Crippen LogP contribution is -2.17. The van der Waals surface area contributed by atoms with Gasteiger partial charge in [0, 0.05) is 5.56 Å². The molecule has 0 saturated heterocycles. The van der Waals surface area contributed by atoms with Crippen molar-refractivity contribution < 1.29 is 0 Å². The molecule has 0 N–H and O–H groups in total. The third-order valence-electron chi connectivity index (χ3n) is 7.84. The van der Waals surface area contributed by atoms with Gasteiger partial charge in [0.2, 0.25) is 0 Å². The van der Waals surface area contributed by atoms with E-state index >= 15 is 0 Å². The number of hydrogen-bond acceptors (Lipinski definition) is 0. The molecule has 2 aliphatic carbocycles. The molecule has 0 nitrogen and oxygen atoms in total. The van der Waals surface area contributed by atoms with Crippen LogP contribution in [0.3, 0.4) is 0 Å². The van der Waals surface area contributed by atoms with Gasteiger partial charge in [-0.25, -0.2) is 0 Å². The lowest BCUT2D eigenvalue weighted by Gasteiger charge is -2.31. The van der Waals surface area contributed by atoms with Crippen molar-refractivity contribution in [3.8, 4) is 11.8 Å². The van der Waals surface area contributed by atoms with Crippen molar-refractivity contribution in [2.24, 2.45) is 23.7 Å². The minimum absolute atomic E-state index is 0.757. The molecule has 0 aliphatic heterocycles. The molecular formula is C30H44. The Morgan fingerprint density at radius 3 is 1.90 bits per heavy atom. The molecule has 164 valence electrons. The molecule has 3 rings (SSSR count). The summed E-state index contributed by atoms with van der Waals surface area (Å²) in [7, 11) is 0.